The molecule has 2 fully saturated rings. The second kappa shape index (κ2) is 9.46. The number of halogens is 3. The molecule has 172 valence electrons. The van der Waals surface area contributed by atoms with Crippen LogP contribution in [-0.2, 0) is 27.1 Å². The third-order valence-corrected chi connectivity index (χ3v) is 5.95. The molecule has 0 radical (unpaired) electrons. The predicted octanol–water partition coefficient (Wildman–Crippen LogP) is 3.52. The van der Waals surface area contributed by atoms with Gasteiger partial charge in [-0.05, 0) is 17.7 Å². The van der Waals surface area contributed by atoms with Crippen LogP contribution >= 0.6 is 0 Å². The van der Waals surface area contributed by atoms with E-state index < -0.39 is 17.3 Å². The number of piperazine rings is 1. The van der Waals surface area contributed by atoms with Crippen LogP contribution in [0.3, 0.4) is 0 Å². The van der Waals surface area contributed by atoms with Gasteiger partial charge in [-0.25, -0.2) is 4.98 Å². The lowest BCUT2D eigenvalue weighted by Gasteiger charge is -2.43. The number of ether oxygens (including phenoxy) is 2. The molecule has 1 atom stereocenters. The van der Waals surface area contributed by atoms with E-state index in [1.54, 1.807) is 4.90 Å². The van der Waals surface area contributed by atoms with Crippen molar-refractivity contribution in [2.75, 3.05) is 44.3 Å². The van der Waals surface area contributed by atoms with Crippen molar-refractivity contribution in [3.63, 3.8) is 0 Å². The van der Waals surface area contributed by atoms with E-state index in [0.29, 0.717) is 51.8 Å². The van der Waals surface area contributed by atoms with E-state index in [1.807, 2.05) is 35.2 Å². The quantitative estimate of drug-likeness (QED) is 0.648. The van der Waals surface area contributed by atoms with Crippen LogP contribution < -0.4 is 4.90 Å². The molecule has 2 aliphatic rings. The average Bonchev–Trinajstić information content (AvgIpc) is 2.77. The highest BCUT2D eigenvalue weighted by atomic mass is 19.4. The van der Waals surface area contributed by atoms with Gasteiger partial charge in [-0.15, -0.1) is 0 Å². The number of rotatable bonds is 7. The molecule has 3 heterocycles. The van der Waals surface area contributed by atoms with Crippen molar-refractivity contribution < 1.29 is 27.4 Å². The van der Waals surface area contributed by atoms with Gasteiger partial charge in [0.25, 0.3) is 0 Å². The number of carbonyl (C=O) groups excluding carboxylic acids is 1. The molecule has 1 unspecified atom stereocenters. The van der Waals surface area contributed by atoms with Crippen molar-refractivity contribution in [3.05, 3.63) is 59.8 Å². The smallest absolute Gasteiger partial charge is 0.374 e. The van der Waals surface area contributed by atoms with Crippen molar-refractivity contribution in [1.29, 1.82) is 0 Å². The zero-order valence-corrected chi connectivity index (χ0v) is 17.7. The van der Waals surface area contributed by atoms with Crippen molar-refractivity contribution >= 4 is 11.7 Å². The Kier molecular flexibility index (Phi) is 6.66. The molecule has 2 saturated heterocycles. The molecule has 0 spiro atoms. The Balaban J connectivity index is 1.25. The molecule has 0 N–H and O–H groups in total. The number of anilines is 1. The maximum Gasteiger partial charge on any atom is 0.417 e. The third kappa shape index (κ3) is 5.39. The molecule has 0 saturated carbocycles. The number of hydrogen-bond acceptors (Lipinski definition) is 5. The minimum Gasteiger partial charge on any atom is -0.374 e. The molecule has 32 heavy (non-hydrogen) atoms. The van der Waals surface area contributed by atoms with Crippen molar-refractivity contribution in [2.45, 2.75) is 31.2 Å². The molecule has 6 nitrogen and oxygen atoms in total. The first-order valence-electron chi connectivity index (χ1n) is 10.7. The number of nitrogens with zero attached hydrogens (tertiary/aromatic N) is 3. The van der Waals surface area contributed by atoms with Crippen molar-refractivity contribution in [2.24, 2.45) is 0 Å². The molecular formula is C23H26F3N3O3. The van der Waals surface area contributed by atoms with Gasteiger partial charge in [-0.2, -0.15) is 13.2 Å². The monoisotopic (exact) mass is 449 g/mol. The Morgan fingerprint density at radius 3 is 2.38 bits per heavy atom. The highest BCUT2D eigenvalue weighted by Gasteiger charge is 2.42. The topological polar surface area (TPSA) is 54.9 Å². The second-order valence-corrected chi connectivity index (χ2v) is 8.21. The lowest BCUT2D eigenvalue weighted by Crippen LogP contribution is -2.54. The van der Waals surface area contributed by atoms with E-state index in [-0.39, 0.29) is 12.3 Å². The molecule has 0 aliphatic carbocycles. The first-order valence-corrected chi connectivity index (χ1v) is 10.7. The first kappa shape index (κ1) is 22.5. The van der Waals surface area contributed by atoms with Crippen LogP contribution in [0.15, 0.2) is 48.7 Å². The number of hydrogen-bond donors (Lipinski definition) is 0. The molecule has 2 aliphatic heterocycles. The Hall–Kier alpha value is -2.65. The number of aromatic nitrogens is 1. The Labute approximate surface area is 184 Å². The van der Waals surface area contributed by atoms with Gasteiger partial charge in [0, 0.05) is 38.8 Å². The summed E-state index contributed by atoms with van der Waals surface area (Å²) >= 11 is 0. The van der Waals surface area contributed by atoms with E-state index in [2.05, 4.69) is 4.98 Å². The van der Waals surface area contributed by atoms with Gasteiger partial charge in [0.1, 0.15) is 11.4 Å². The minimum atomic E-state index is -4.40. The van der Waals surface area contributed by atoms with E-state index in [4.69, 9.17) is 9.47 Å². The fourth-order valence-corrected chi connectivity index (χ4v) is 3.94. The maximum atomic E-state index is 12.9. The minimum absolute atomic E-state index is 0.00744. The summed E-state index contributed by atoms with van der Waals surface area (Å²) in [6.07, 6.45) is -2.51. The molecule has 9 heteroatoms. The molecule has 1 aromatic carbocycles. The molecule has 2 aromatic rings. The predicted molar refractivity (Wildman–Crippen MR) is 112 cm³/mol. The fourth-order valence-electron chi connectivity index (χ4n) is 3.94. The van der Waals surface area contributed by atoms with Crippen LogP contribution in [0, 0.1) is 0 Å². The van der Waals surface area contributed by atoms with Crippen LogP contribution in [-0.4, -0.2) is 60.8 Å². The zero-order valence-electron chi connectivity index (χ0n) is 17.7. The maximum absolute atomic E-state index is 12.9. The SMILES string of the molecule is O=C(CC1(COCc2ccccc2)CCO1)N1CCN(c2ccc(C(F)(F)F)cn2)CC1. The molecular weight excluding hydrogens is 423 g/mol. The summed E-state index contributed by atoms with van der Waals surface area (Å²) in [5.41, 5.74) is -0.269. The standard InChI is InChI=1S/C23H26F3N3O3/c24-23(25,26)19-6-7-20(27-15-19)28-9-11-29(12-10-28)21(30)14-22(8-13-32-22)17-31-16-18-4-2-1-3-5-18/h1-7,15H,8-14,16-17H2. The average molecular weight is 449 g/mol. The number of benzene rings is 1. The van der Waals surface area contributed by atoms with Gasteiger partial charge in [0.15, 0.2) is 0 Å². The van der Waals surface area contributed by atoms with Gasteiger partial charge in [-0.1, -0.05) is 30.3 Å². The largest absolute Gasteiger partial charge is 0.417 e. The summed E-state index contributed by atoms with van der Waals surface area (Å²) < 4.78 is 49.7. The Morgan fingerprint density at radius 1 is 1.09 bits per heavy atom. The highest BCUT2D eigenvalue weighted by Crippen LogP contribution is 2.32. The van der Waals surface area contributed by atoms with Crippen LogP contribution in [0.2, 0.25) is 0 Å². The van der Waals surface area contributed by atoms with Crippen molar-refractivity contribution in [3.8, 4) is 0 Å². The molecule has 1 aromatic heterocycles. The summed E-state index contributed by atoms with van der Waals surface area (Å²) in [6.45, 7) is 3.47. The lowest BCUT2D eigenvalue weighted by atomic mass is 9.91. The molecule has 0 bridgehead atoms. The Morgan fingerprint density at radius 2 is 1.81 bits per heavy atom. The van der Waals surface area contributed by atoms with Gasteiger partial charge < -0.3 is 19.3 Å². The summed E-state index contributed by atoms with van der Waals surface area (Å²) in [7, 11) is 0. The summed E-state index contributed by atoms with van der Waals surface area (Å²) in [5.74, 6) is 0.492. The summed E-state index contributed by atoms with van der Waals surface area (Å²) in [4.78, 5) is 20.5. The van der Waals surface area contributed by atoms with Gasteiger partial charge in [0.2, 0.25) is 5.91 Å². The number of amides is 1. The third-order valence-electron chi connectivity index (χ3n) is 5.95. The van der Waals surface area contributed by atoms with E-state index in [1.165, 1.54) is 6.07 Å². The summed E-state index contributed by atoms with van der Waals surface area (Å²) in [6, 6.07) is 12.3. The van der Waals surface area contributed by atoms with E-state index in [9.17, 15) is 18.0 Å². The van der Waals surface area contributed by atoms with Crippen molar-refractivity contribution in [1.82, 2.24) is 9.88 Å². The lowest BCUT2D eigenvalue weighted by molar-refractivity contribution is -0.192. The number of carbonyl (C=O) groups is 1. The highest BCUT2D eigenvalue weighted by molar-refractivity contribution is 5.77. The zero-order chi connectivity index (χ0) is 22.6. The number of pyridine rings is 1. The summed E-state index contributed by atoms with van der Waals surface area (Å²) in [5, 5.41) is 0. The van der Waals surface area contributed by atoms with Gasteiger partial charge >= 0.3 is 6.18 Å². The van der Waals surface area contributed by atoms with E-state index >= 15 is 0 Å². The molecule has 1 amide bonds. The fraction of sp³-hybridized carbons (Fsp3) is 0.478. The number of alkyl halides is 3. The first-order chi connectivity index (χ1) is 15.3. The van der Waals surface area contributed by atoms with Gasteiger partial charge in [-0.3, -0.25) is 4.79 Å². The van der Waals surface area contributed by atoms with E-state index in [0.717, 1.165) is 24.2 Å². The van der Waals surface area contributed by atoms with Crippen LogP contribution in [0.25, 0.3) is 0 Å². The second-order valence-electron chi connectivity index (χ2n) is 8.21. The van der Waals surface area contributed by atoms with Gasteiger partial charge in [0.05, 0.1) is 31.8 Å². The Bertz CT molecular complexity index is 894. The molecule has 4 rings (SSSR count). The normalized spacial score (nSPS) is 21.3. The van der Waals surface area contributed by atoms with Crippen LogP contribution in [0.1, 0.15) is 24.0 Å². The van der Waals surface area contributed by atoms with Crippen LogP contribution in [0.4, 0.5) is 19.0 Å². The van der Waals surface area contributed by atoms with Crippen LogP contribution in [0.5, 0.6) is 0 Å².